The van der Waals surface area contributed by atoms with Crippen LogP contribution in [0.2, 0.25) is 0 Å². The maximum atomic E-state index is 10.1. The van der Waals surface area contributed by atoms with Gasteiger partial charge in [0.25, 0.3) is 0 Å². The van der Waals surface area contributed by atoms with Crippen LogP contribution in [0.4, 0.5) is 0 Å². The zero-order valence-electron chi connectivity index (χ0n) is 17.9. The fourth-order valence-electron chi connectivity index (χ4n) is 4.31. The van der Waals surface area contributed by atoms with Gasteiger partial charge in [-0.05, 0) is 11.6 Å². The van der Waals surface area contributed by atoms with Gasteiger partial charge in [-0.1, -0.05) is 60.7 Å². The van der Waals surface area contributed by atoms with E-state index in [0.29, 0.717) is 12.0 Å². The number of nitriles is 1. The summed E-state index contributed by atoms with van der Waals surface area (Å²) >= 11 is 0. The van der Waals surface area contributed by atoms with Crippen molar-refractivity contribution < 1.29 is 24.1 Å². The highest BCUT2D eigenvalue weighted by Crippen LogP contribution is 2.41. The molecular weight excluding hydrogens is 420 g/mol. The highest BCUT2D eigenvalue weighted by atomic mass is 16.8. The lowest BCUT2D eigenvalue weighted by molar-refractivity contribution is -0.384. The first-order valence-corrected chi connectivity index (χ1v) is 10.9. The normalized spacial score (nSPS) is 29.1. The second-order valence-corrected chi connectivity index (χ2v) is 8.12. The van der Waals surface area contributed by atoms with Crippen molar-refractivity contribution in [3.8, 4) is 6.07 Å². The van der Waals surface area contributed by atoms with E-state index in [1.165, 1.54) is 6.20 Å². The summed E-state index contributed by atoms with van der Waals surface area (Å²) in [5.41, 5.74) is 3.07. The van der Waals surface area contributed by atoms with E-state index in [2.05, 4.69) is 11.1 Å². The molecule has 1 aromatic heterocycles. The number of ether oxygens (including phenoxy) is 4. The number of nitrogens with zero attached hydrogens (tertiary/aromatic N) is 2. The Morgan fingerprint density at radius 2 is 1.36 bits per heavy atom. The Morgan fingerprint density at radius 3 is 1.94 bits per heavy atom. The van der Waals surface area contributed by atoms with Crippen molar-refractivity contribution in [3.05, 3.63) is 101 Å². The predicted octanol–water partition coefficient (Wildman–Crippen LogP) is 3.45. The lowest BCUT2D eigenvalue weighted by atomic mass is 9.94. The van der Waals surface area contributed by atoms with Crippen molar-refractivity contribution >= 4 is 0 Å². The van der Waals surface area contributed by atoms with E-state index in [1.807, 2.05) is 60.7 Å². The molecule has 2 aromatic carbocycles. The van der Waals surface area contributed by atoms with Crippen LogP contribution < -0.4 is 0 Å². The van der Waals surface area contributed by atoms with E-state index in [1.54, 1.807) is 12.3 Å². The smallest absolute Gasteiger partial charge is 0.184 e. The lowest BCUT2D eigenvalue weighted by Crippen LogP contribution is -2.59. The van der Waals surface area contributed by atoms with E-state index in [4.69, 9.17) is 18.9 Å². The molecule has 0 spiro atoms. The van der Waals surface area contributed by atoms with Crippen LogP contribution in [0.3, 0.4) is 0 Å². The first-order valence-electron chi connectivity index (χ1n) is 10.9. The summed E-state index contributed by atoms with van der Waals surface area (Å²) in [5, 5.41) is 19.4. The standard InChI is InChI=1S/C26H24N2O5/c27-13-18-11-17(14-28-15-18)12-21-23-24(33-25(30-21)19-7-3-1-4-8-19)22(16-29)31-26(32-23)20-9-5-2-6-10-20/h1-11,14-15,21-26,29H,12,16H2. The quantitative estimate of drug-likeness (QED) is 0.644. The summed E-state index contributed by atoms with van der Waals surface area (Å²) < 4.78 is 25.1. The van der Waals surface area contributed by atoms with Gasteiger partial charge >= 0.3 is 0 Å². The molecule has 0 radical (unpaired) electrons. The van der Waals surface area contributed by atoms with Gasteiger partial charge in [-0.2, -0.15) is 5.26 Å². The third-order valence-corrected chi connectivity index (χ3v) is 5.90. The third-order valence-electron chi connectivity index (χ3n) is 5.90. The zero-order valence-corrected chi connectivity index (χ0v) is 17.9. The van der Waals surface area contributed by atoms with Crippen molar-refractivity contribution in [1.29, 1.82) is 5.26 Å². The van der Waals surface area contributed by atoms with Crippen LogP contribution in [-0.2, 0) is 25.4 Å². The molecule has 7 heteroatoms. The van der Waals surface area contributed by atoms with Gasteiger partial charge < -0.3 is 24.1 Å². The number of fused-ring (bicyclic) bond motifs is 1. The Morgan fingerprint density at radius 1 is 0.788 bits per heavy atom. The van der Waals surface area contributed by atoms with Gasteiger partial charge in [-0.3, -0.25) is 4.98 Å². The molecular formula is C26H24N2O5. The number of pyridine rings is 1. The Bertz CT molecular complexity index is 1100. The number of hydrogen-bond donors (Lipinski definition) is 1. The second-order valence-electron chi connectivity index (χ2n) is 8.12. The van der Waals surface area contributed by atoms with Gasteiger partial charge in [0.2, 0.25) is 0 Å². The molecule has 0 amide bonds. The van der Waals surface area contributed by atoms with Crippen molar-refractivity contribution in [1.82, 2.24) is 4.98 Å². The van der Waals surface area contributed by atoms with E-state index in [-0.39, 0.29) is 6.61 Å². The van der Waals surface area contributed by atoms with Crippen LogP contribution in [0, 0.1) is 11.3 Å². The summed E-state index contributed by atoms with van der Waals surface area (Å²) in [6.07, 6.45) is 0.402. The van der Waals surface area contributed by atoms with Crippen LogP contribution in [-0.4, -0.2) is 41.1 Å². The molecule has 2 fully saturated rings. The molecule has 2 aliphatic rings. The minimum Gasteiger partial charge on any atom is -0.394 e. The summed E-state index contributed by atoms with van der Waals surface area (Å²) in [7, 11) is 0. The third kappa shape index (κ3) is 4.67. The van der Waals surface area contributed by atoms with Gasteiger partial charge in [0.05, 0.1) is 18.3 Å². The molecule has 0 aliphatic carbocycles. The van der Waals surface area contributed by atoms with Gasteiger partial charge in [-0.25, -0.2) is 0 Å². The van der Waals surface area contributed by atoms with Crippen molar-refractivity contribution in [2.45, 2.75) is 43.4 Å². The number of hydrogen-bond acceptors (Lipinski definition) is 7. The fraction of sp³-hybridized carbons (Fsp3) is 0.308. The molecule has 1 N–H and O–H groups in total. The number of benzene rings is 2. The molecule has 7 nitrogen and oxygen atoms in total. The Kier molecular flexibility index (Phi) is 6.44. The van der Waals surface area contributed by atoms with E-state index in [0.717, 1.165) is 16.7 Å². The summed E-state index contributed by atoms with van der Waals surface area (Å²) in [6.45, 7) is -0.215. The van der Waals surface area contributed by atoms with E-state index < -0.39 is 37.0 Å². The van der Waals surface area contributed by atoms with Crippen LogP contribution in [0.15, 0.2) is 79.1 Å². The van der Waals surface area contributed by atoms with Gasteiger partial charge in [-0.15, -0.1) is 0 Å². The first kappa shape index (κ1) is 21.7. The van der Waals surface area contributed by atoms with E-state index >= 15 is 0 Å². The maximum absolute atomic E-state index is 10.1. The number of aromatic nitrogens is 1. The monoisotopic (exact) mass is 444 g/mol. The molecule has 2 saturated heterocycles. The van der Waals surface area contributed by atoms with Crippen LogP contribution in [0.25, 0.3) is 0 Å². The summed E-state index contributed by atoms with van der Waals surface area (Å²) in [4.78, 5) is 4.18. The molecule has 168 valence electrons. The van der Waals surface area contributed by atoms with Gasteiger partial charge in [0, 0.05) is 29.9 Å². The number of aliphatic hydroxyl groups excluding tert-OH is 1. The average molecular weight is 444 g/mol. The molecule has 0 bridgehead atoms. The van der Waals surface area contributed by atoms with E-state index in [9.17, 15) is 10.4 Å². The molecule has 0 saturated carbocycles. The molecule has 6 atom stereocenters. The average Bonchev–Trinajstić information content (AvgIpc) is 2.89. The Balaban J connectivity index is 1.47. The zero-order chi connectivity index (χ0) is 22.6. The highest BCUT2D eigenvalue weighted by Gasteiger charge is 2.50. The molecule has 5 rings (SSSR count). The Labute approximate surface area is 192 Å². The van der Waals surface area contributed by atoms with Gasteiger partial charge in [0.15, 0.2) is 12.6 Å². The molecule has 6 unspecified atom stereocenters. The summed E-state index contributed by atoms with van der Waals surface area (Å²) in [6, 6.07) is 23.2. The topological polar surface area (TPSA) is 93.8 Å². The fourth-order valence-corrected chi connectivity index (χ4v) is 4.31. The SMILES string of the molecule is N#Cc1cncc(CC2OC(c3ccccc3)OC3C(CO)OC(c4ccccc4)OC23)c1. The largest absolute Gasteiger partial charge is 0.394 e. The summed E-state index contributed by atoms with van der Waals surface area (Å²) in [5.74, 6) is 0. The highest BCUT2D eigenvalue weighted by molar-refractivity contribution is 5.29. The minimum atomic E-state index is -0.656. The molecule has 33 heavy (non-hydrogen) atoms. The molecule has 2 aliphatic heterocycles. The second kappa shape index (κ2) is 9.79. The number of rotatable bonds is 5. The van der Waals surface area contributed by atoms with Crippen LogP contribution in [0.5, 0.6) is 0 Å². The van der Waals surface area contributed by atoms with Crippen LogP contribution in [0.1, 0.15) is 34.8 Å². The molecule has 3 aromatic rings. The van der Waals surface area contributed by atoms with Gasteiger partial charge in [0.1, 0.15) is 24.4 Å². The molecule has 3 heterocycles. The Hall–Kier alpha value is -3.12. The number of aliphatic hydroxyl groups is 1. The lowest BCUT2D eigenvalue weighted by Gasteiger charge is -2.49. The van der Waals surface area contributed by atoms with Crippen molar-refractivity contribution in [3.63, 3.8) is 0 Å². The van der Waals surface area contributed by atoms with Crippen LogP contribution >= 0.6 is 0 Å². The first-order chi connectivity index (χ1) is 16.2. The minimum absolute atomic E-state index is 0.215. The predicted molar refractivity (Wildman–Crippen MR) is 118 cm³/mol. The van der Waals surface area contributed by atoms with Crippen molar-refractivity contribution in [2.24, 2.45) is 0 Å². The van der Waals surface area contributed by atoms with Crippen molar-refractivity contribution in [2.75, 3.05) is 6.61 Å². The maximum Gasteiger partial charge on any atom is 0.184 e.